The number of hydrogen-bond acceptors (Lipinski definition) is 4. The van der Waals surface area contributed by atoms with E-state index in [-0.39, 0.29) is 37.0 Å². The van der Waals surface area contributed by atoms with E-state index in [2.05, 4.69) is 59.2 Å². The van der Waals surface area contributed by atoms with Gasteiger partial charge in [0.25, 0.3) is 0 Å². The monoisotopic (exact) mass is 731 g/mol. The van der Waals surface area contributed by atoms with Crippen molar-refractivity contribution >= 4 is 17.9 Å². The van der Waals surface area contributed by atoms with Crippen LogP contribution >= 0.6 is 0 Å². The van der Waals surface area contributed by atoms with Gasteiger partial charge in [-0.3, -0.25) is 14.5 Å². The first-order valence-electron chi connectivity index (χ1n) is 19.9. The van der Waals surface area contributed by atoms with Crippen molar-refractivity contribution in [1.29, 1.82) is 0 Å². The Morgan fingerprint density at radius 3 is 1.04 bits per heavy atom. The lowest BCUT2D eigenvalue weighted by Gasteiger charge is -2.28. The summed E-state index contributed by atoms with van der Waals surface area (Å²) in [5, 5.41) is 6.44. The zero-order valence-corrected chi connectivity index (χ0v) is 32.7. The smallest absolute Gasteiger partial charge is 0.411 e. The number of carbonyl (C=O) groups is 3. The average molecular weight is 732 g/mol. The van der Waals surface area contributed by atoms with E-state index in [9.17, 15) is 14.4 Å². The van der Waals surface area contributed by atoms with Crippen molar-refractivity contribution in [2.75, 3.05) is 13.1 Å². The van der Waals surface area contributed by atoms with Gasteiger partial charge < -0.3 is 15.4 Å². The average Bonchev–Trinajstić information content (AvgIpc) is 3.15. The highest BCUT2D eigenvalue weighted by Crippen LogP contribution is 2.16. The summed E-state index contributed by atoms with van der Waals surface area (Å²) >= 11 is 0. The first kappa shape index (κ1) is 41.8. The van der Waals surface area contributed by atoms with E-state index in [1.54, 1.807) is 20.8 Å². The van der Waals surface area contributed by atoms with Crippen molar-refractivity contribution in [3.05, 3.63) is 144 Å². The third-order valence-corrected chi connectivity index (χ3v) is 9.49. The highest BCUT2D eigenvalue weighted by Gasteiger charge is 2.27. The van der Waals surface area contributed by atoms with Crippen LogP contribution in [0.5, 0.6) is 0 Å². The Hall–Kier alpha value is -4.91. The van der Waals surface area contributed by atoms with Crippen LogP contribution in [-0.4, -0.2) is 53.6 Å². The zero-order chi connectivity index (χ0) is 38.4. The molecule has 7 heteroatoms. The standard InChI is InChI=1S/C47H61N3O4/c1-47(2,3)54-46(53)50(36-44(51)48-42(32-16-28-38-20-8-4-9-21-38)33-17-29-39-22-10-5-11-23-39)37-45(52)49-43(34-18-30-40-24-12-6-13-25-40)35-19-31-41-26-14-7-15-27-41/h4-15,20-27,42-43H,16-19,28-37H2,1-3H3,(H,48,51)(H,49,52). The summed E-state index contributed by atoms with van der Waals surface area (Å²) in [6, 6.07) is 41.4. The normalized spacial score (nSPS) is 11.4. The van der Waals surface area contributed by atoms with Gasteiger partial charge in [0.15, 0.2) is 0 Å². The molecule has 0 unspecified atom stereocenters. The summed E-state index contributed by atoms with van der Waals surface area (Å²) in [5.74, 6) is -0.583. The summed E-state index contributed by atoms with van der Waals surface area (Å²) in [6.45, 7) is 4.84. The van der Waals surface area contributed by atoms with Gasteiger partial charge in [0, 0.05) is 12.1 Å². The van der Waals surface area contributed by atoms with Crippen LogP contribution in [0.2, 0.25) is 0 Å². The molecule has 0 aromatic heterocycles. The van der Waals surface area contributed by atoms with Crippen LogP contribution in [0.4, 0.5) is 4.79 Å². The molecule has 0 saturated heterocycles. The first-order chi connectivity index (χ1) is 26.1. The van der Waals surface area contributed by atoms with Crippen molar-refractivity contribution in [3.8, 4) is 0 Å². The molecule has 4 aromatic rings. The summed E-state index contributed by atoms with van der Waals surface area (Å²) in [5.41, 5.74) is 4.30. The van der Waals surface area contributed by atoms with Crippen LogP contribution in [0.15, 0.2) is 121 Å². The fourth-order valence-corrected chi connectivity index (χ4v) is 6.77. The molecule has 0 aliphatic heterocycles. The Labute approximate surface area is 323 Å². The van der Waals surface area contributed by atoms with Gasteiger partial charge in [-0.2, -0.15) is 0 Å². The SMILES string of the molecule is CC(C)(C)OC(=O)N(CC(=O)NC(CCCc1ccccc1)CCCc1ccccc1)CC(=O)NC(CCCc1ccccc1)CCCc1ccccc1. The Balaban J connectivity index is 1.38. The van der Waals surface area contributed by atoms with Gasteiger partial charge >= 0.3 is 6.09 Å². The molecule has 0 spiro atoms. The van der Waals surface area contributed by atoms with Crippen molar-refractivity contribution < 1.29 is 19.1 Å². The van der Waals surface area contributed by atoms with Gasteiger partial charge in [-0.05, 0) is 120 Å². The number of aryl methyl sites for hydroxylation is 4. The molecule has 0 heterocycles. The molecule has 4 aromatic carbocycles. The van der Waals surface area contributed by atoms with Gasteiger partial charge in [-0.1, -0.05) is 121 Å². The first-order valence-corrected chi connectivity index (χ1v) is 19.9. The highest BCUT2D eigenvalue weighted by atomic mass is 16.6. The summed E-state index contributed by atoms with van der Waals surface area (Å²) in [4.78, 5) is 42.0. The van der Waals surface area contributed by atoms with Gasteiger partial charge in [0.05, 0.1) is 0 Å². The maximum atomic E-state index is 13.7. The van der Waals surface area contributed by atoms with Crippen LogP contribution in [0, 0.1) is 0 Å². The number of ether oxygens (including phenoxy) is 1. The molecule has 0 aliphatic rings. The van der Waals surface area contributed by atoms with E-state index >= 15 is 0 Å². The highest BCUT2D eigenvalue weighted by molar-refractivity contribution is 5.87. The van der Waals surface area contributed by atoms with E-state index in [0.29, 0.717) is 0 Å². The maximum absolute atomic E-state index is 13.7. The summed E-state index contributed by atoms with van der Waals surface area (Å²) in [7, 11) is 0. The zero-order valence-electron chi connectivity index (χ0n) is 32.7. The van der Waals surface area contributed by atoms with E-state index in [1.807, 2.05) is 72.8 Å². The van der Waals surface area contributed by atoms with Crippen LogP contribution in [0.3, 0.4) is 0 Å². The number of benzene rings is 4. The van der Waals surface area contributed by atoms with Crippen molar-refractivity contribution in [2.45, 2.75) is 116 Å². The lowest BCUT2D eigenvalue weighted by molar-refractivity contribution is -0.126. The number of amides is 3. The predicted octanol–water partition coefficient (Wildman–Crippen LogP) is 9.28. The molecule has 0 radical (unpaired) electrons. The summed E-state index contributed by atoms with van der Waals surface area (Å²) < 4.78 is 5.69. The molecule has 7 nitrogen and oxygen atoms in total. The van der Waals surface area contributed by atoms with Crippen LogP contribution in [0.1, 0.15) is 94.4 Å². The molecule has 2 N–H and O–H groups in total. The molecule has 54 heavy (non-hydrogen) atoms. The Morgan fingerprint density at radius 1 is 0.500 bits per heavy atom. The number of hydrogen-bond donors (Lipinski definition) is 2. The molecule has 0 fully saturated rings. The van der Waals surface area contributed by atoms with Crippen molar-refractivity contribution in [3.63, 3.8) is 0 Å². The predicted molar refractivity (Wildman–Crippen MR) is 219 cm³/mol. The summed E-state index contributed by atoms with van der Waals surface area (Å²) in [6.07, 6.45) is 9.98. The molecule has 0 saturated carbocycles. The quantitative estimate of drug-likeness (QED) is 0.0844. The molecule has 3 amide bonds. The second kappa shape index (κ2) is 23.0. The van der Waals surface area contributed by atoms with Crippen LogP contribution < -0.4 is 10.6 Å². The third-order valence-electron chi connectivity index (χ3n) is 9.49. The topological polar surface area (TPSA) is 87.7 Å². The number of carbonyl (C=O) groups excluding carboxylic acids is 3. The van der Waals surface area contributed by atoms with Gasteiger partial charge in [0.2, 0.25) is 11.8 Å². The van der Waals surface area contributed by atoms with E-state index < -0.39 is 11.7 Å². The lowest BCUT2D eigenvalue weighted by atomic mass is 9.99. The molecule has 0 atom stereocenters. The minimum Gasteiger partial charge on any atom is -0.444 e. The number of nitrogens with one attached hydrogen (secondary N) is 2. The second-order valence-electron chi connectivity index (χ2n) is 15.4. The largest absolute Gasteiger partial charge is 0.444 e. The minimum absolute atomic E-state index is 0.0575. The molecule has 0 bridgehead atoms. The third kappa shape index (κ3) is 17.3. The van der Waals surface area contributed by atoms with E-state index in [4.69, 9.17) is 4.74 Å². The van der Waals surface area contributed by atoms with Gasteiger partial charge in [0.1, 0.15) is 18.7 Å². The molecule has 0 aliphatic carbocycles. The maximum Gasteiger partial charge on any atom is 0.411 e. The second-order valence-corrected chi connectivity index (χ2v) is 15.4. The lowest BCUT2D eigenvalue weighted by Crippen LogP contribution is -2.50. The Morgan fingerprint density at radius 2 is 0.778 bits per heavy atom. The minimum atomic E-state index is -0.781. The van der Waals surface area contributed by atoms with E-state index in [0.717, 1.165) is 77.0 Å². The molecule has 4 rings (SSSR count). The van der Waals surface area contributed by atoms with Crippen molar-refractivity contribution in [2.24, 2.45) is 0 Å². The van der Waals surface area contributed by atoms with Crippen molar-refractivity contribution in [1.82, 2.24) is 15.5 Å². The van der Waals surface area contributed by atoms with Crippen LogP contribution in [-0.2, 0) is 40.0 Å². The fraction of sp³-hybridized carbons (Fsp3) is 0.426. The van der Waals surface area contributed by atoms with Gasteiger partial charge in [-0.15, -0.1) is 0 Å². The Kier molecular flexibility index (Phi) is 17.8. The molecule has 288 valence electrons. The molecular weight excluding hydrogens is 671 g/mol. The van der Waals surface area contributed by atoms with Gasteiger partial charge in [-0.25, -0.2) is 4.79 Å². The number of nitrogens with zero attached hydrogens (tertiary/aromatic N) is 1. The Bertz CT molecular complexity index is 1440. The molecular formula is C47H61N3O4. The van der Waals surface area contributed by atoms with Crippen LogP contribution in [0.25, 0.3) is 0 Å². The fourth-order valence-electron chi connectivity index (χ4n) is 6.77. The number of rotatable bonds is 22. The van der Waals surface area contributed by atoms with E-state index in [1.165, 1.54) is 27.2 Å².